The summed E-state index contributed by atoms with van der Waals surface area (Å²) in [6.07, 6.45) is 2.01. The quantitative estimate of drug-likeness (QED) is 0.814. The van der Waals surface area contributed by atoms with Crippen LogP contribution in [0.3, 0.4) is 0 Å². The number of hydroxylamine groups is 2. The maximum Gasteiger partial charge on any atom is 0.247 e. The fourth-order valence-electron chi connectivity index (χ4n) is 4.02. The summed E-state index contributed by atoms with van der Waals surface area (Å²) >= 11 is 0. The number of methoxy groups -OCH3 is 1. The lowest BCUT2D eigenvalue weighted by molar-refractivity contribution is 0.0229. The first-order valence-electron chi connectivity index (χ1n) is 8.47. The molecule has 0 radical (unpaired) electrons. The van der Waals surface area contributed by atoms with Crippen LogP contribution < -0.4 is 4.74 Å². The summed E-state index contributed by atoms with van der Waals surface area (Å²) in [5.41, 5.74) is 0.350. The predicted octanol–water partition coefficient (Wildman–Crippen LogP) is 2.88. The molecule has 5 nitrogen and oxygen atoms in total. The lowest BCUT2D eigenvalue weighted by atomic mass is 9.83. The third kappa shape index (κ3) is 2.54. The Balaban J connectivity index is 1.67. The Morgan fingerprint density at radius 2 is 1.88 bits per heavy atom. The maximum atomic E-state index is 12.9. The van der Waals surface area contributed by atoms with Crippen molar-refractivity contribution < 1.29 is 9.53 Å². The number of piperidine rings is 3. The molecular formula is C19H21N2O3-. The second-order valence-electron chi connectivity index (χ2n) is 6.74. The van der Waals surface area contributed by atoms with Crippen LogP contribution in [-0.2, 0) is 0 Å². The molecule has 0 aliphatic carbocycles. The van der Waals surface area contributed by atoms with Crippen LogP contribution >= 0.6 is 0 Å². The van der Waals surface area contributed by atoms with E-state index in [4.69, 9.17) is 4.74 Å². The van der Waals surface area contributed by atoms with E-state index in [1.165, 1.54) is 7.11 Å². The number of rotatable bonds is 3. The number of carbonyl (C=O) groups is 1. The summed E-state index contributed by atoms with van der Waals surface area (Å²) in [5.74, 6) is 0.292. The molecule has 1 atom stereocenters. The first kappa shape index (κ1) is 15.4. The molecule has 3 saturated heterocycles. The molecule has 126 valence electrons. The lowest BCUT2D eigenvalue weighted by Crippen LogP contribution is -2.57. The third-order valence-corrected chi connectivity index (χ3v) is 5.42. The molecule has 1 unspecified atom stereocenters. The van der Waals surface area contributed by atoms with Gasteiger partial charge >= 0.3 is 0 Å². The molecule has 2 bridgehead atoms. The van der Waals surface area contributed by atoms with Gasteiger partial charge in [-0.05, 0) is 54.8 Å². The molecular weight excluding hydrogens is 304 g/mol. The summed E-state index contributed by atoms with van der Waals surface area (Å²) in [6, 6.07) is 11.1. The van der Waals surface area contributed by atoms with Crippen molar-refractivity contribution in [1.29, 1.82) is 0 Å². The van der Waals surface area contributed by atoms with Crippen molar-refractivity contribution in [2.45, 2.75) is 18.9 Å². The van der Waals surface area contributed by atoms with Gasteiger partial charge in [0.05, 0.1) is 12.7 Å². The summed E-state index contributed by atoms with van der Waals surface area (Å²) in [7, 11) is 1.53. The van der Waals surface area contributed by atoms with Crippen LogP contribution in [0.25, 0.3) is 10.8 Å². The molecule has 2 aromatic rings. The van der Waals surface area contributed by atoms with Gasteiger partial charge in [-0.1, -0.05) is 24.3 Å². The van der Waals surface area contributed by atoms with E-state index in [1.807, 2.05) is 30.3 Å². The zero-order valence-electron chi connectivity index (χ0n) is 13.8. The molecule has 5 rings (SSSR count). The smallest absolute Gasteiger partial charge is 0.247 e. The molecule has 0 spiro atoms. The van der Waals surface area contributed by atoms with Gasteiger partial charge in [-0.2, -0.15) is 0 Å². The van der Waals surface area contributed by atoms with Gasteiger partial charge in [-0.25, -0.2) is 0 Å². The van der Waals surface area contributed by atoms with Crippen LogP contribution in [0.5, 0.6) is 5.75 Å². The van der Waals surface area contributed by atoms with E-state index < -0.39 is 5.91 Å². The first-order valence-corrected chi connectivity index (χ1v) is 8.47. The molecule has 3 aliphatic heterocycles. The summed E-state index contributed by atoms with van der Waals surface area (Å²) < 4.78 is 5.38. The fraction of sp³-hybridized carbons (Fsp3) is 0.421. The average Bonchev–Trinajstić information content (AvgIpc) is 2.66. The van der Waals surface area contributed by atoms with Crippen molar-refractivity contribution in [2.75, 3.05) is 26.7 Å². The highest BCUT2D eigenvalue weighted by Gasteiger charge is 2.36. The molecule has 1 amide bonds. The van der Waals surface area contributed by atoms with Crippen LogP contribution in [0.4, 0.5) is 0 Å². The molecule has 3 aliphatic rings. The normalized spacial score (nSPS) is 25.7. The van der Waals surface area contributed by atoms with Crippen molar-refractivity contribution >= 4 is 16.7 Å². The highest BCUT2D eigenvalue weighted by molar-refractivity contribution is 6.02. The monoisotopic (exact) mass is 325 g/mol. The highest BCUT2D eigenvalue weighted by Crippen LogP contribution is 2.33. The number of fused-ring (bicyclic) bond motifs is 4. The number of benzene rings is 2. The zero-order valence-corrected chi connectivity index (χ0v) is 13.8. The SMILES string of the molecule is COc1cc2ccccc2cc1C(=O)N([O-])C1CN2CCC1CC2. The van der Waals surface area contributed by atoms with E-state index >= 15 is 0 Å². The number of hydrogen-bond donors (Lipinski definition) is 0. The van der Waals surface area contributed by atoms with Crippen molar-refractivity contribution in [3.63, 3.8) is 0 Å². The highest BCUT2D eigenvalue weighted by atomic mass is 16.5. The van der Waals surface area contributed by atoms with Crippen LogP contribution in [-0.4, -0.2) is 48.7 Å². The predicted molar refractivity (Wildman–Crippen MR) is 93.0 cm³/mol. The third-order valence-electron chi connectivity index (χ3n) is 5.42. The number of ether oxygens (including phenoxy) is 1. The Hall–Kier alpha value is -2.11. The van der Waals surface area contributed by atoms with Crippen LogP contribution in [0.1, 0.15) is 23.2 Å². The number of hydrogen-bond acceptors (Lipinski definition) is 4. The van der Waals surface area contributed by atoms with Gasteiger partial charge in [0.2, 0.25) is 5.91 Å². The molecule has 0 aromatic heterocycles. The molecule has 3 heterocycles. The fourth-order valence-corrected chi connectivity index (χ4v) is 4.02. The maximum absolute atomic E-state index is 12.9. The van der Waals surface area contributed by atoms with Crippen molar-refractivity contribution in [3.05, 3.63) is 47.2 Å². The zero-order chi connectivity index (χ0) is 16.7. The Morgan fingerprint density at radius 1 is 1.21 bits per heavy atom. The Labute approximate surface area is 141 Å². The van der Waals surface area contributed by atoms with E-state index in [-0.39, 0.29) is 6.04 Å². The summed E-state index contributed by atoms with van der Waals surface area (Å²) in [4.78, 5) is 15.1. The van der Waals surface area contributed by atoms with Crippen LogP contribution in [0.2, 0.25) is 0 Å². The minimum Gasteiger partial charge on any atom is -0.756 e. The second-order valence-corrected chi connectivity index (χ2v) is 6.74. The topological polar surface area (TPSA) is 55.8 Å². The Bertz CT molecular complexity index is 768. The molecule has 24 heavy (non-hydrogen) atoms. The standard InChI is InChI=1S/C19H21N2O3/c1-24-18-11-15-5-3-2-4-14(15)10-16(18)19(22)21(23)17-12-20-8-6-13(17)7-9-20/h2-5,10-11,13,17H,6-9,12H2,1H3/q-1. The van der Waals surface area contributed by atoms with Gasteiger partial charge in [-0.3, -0.25) is 4.79 Å². The second kappa shape index (κ2) is 6.07. The van der Waals surface area contributed by atoms with Gasteiger partial charge in [-0.15, -0.1) is 0 Å². The number of amides is 1. The lowest BCUT2D eigenvalue weighted by Gasteiger charge is -2.51. The van der Waals surface area contributed by atoms with E-state index in [9.17, 15) is 10.0 Å². The van der Waals surface area contributed by atoms with Gasteiger partial charge in [0.25, 0.3) is 0 Å². The largest absolute Gasteiger partial charge is 0.756 e. The van der Waals surface area contributed by atoms with Crippen LogP contribution in [0.15, 0.2) is 36.4 Å². The molecule has 0 N–H and O–H groups in total. The Morgan fingerprint density at radius 3 is 2.46 bits per heavy atom. The van der Waals surface area contributed by atoms with Crippen molar-refractivity contribution in [1.82, 2.24) is 9.96 Å². The minimum atomic E-state index is -0.489. The molecule has 2 aromatic carbocycles. The van der Waals surface area contributed by atoms with E-state index in [2.05, 4.69) is 4.90 Å². The van der Waals surface area contributed by atoms with Crippen molar-refractivity contribution in [3.8, 4) is 5.75 Å². The van der Waals surface area contributed by atoms with Gasteiger partial charge < -0.3 is 19.9 Å². The van der Waals surface area contributed by atoms with Gasteiger partial charge in [0.15, 0.2) is 0 Å². The van der Waals surface area contributed by atoms with Crippen molar-refractivity contribution in [2.24, 2.45) is 5.92 Å². The minimum absolute atomic E-state index is 0.240. The average molecular weight is 325 g/mol. The molecule has 0 saturated carbocycles. The molecule has 5 heteroatoms. The van der Waals surface area contributed by atoms with Crippen LogP contribution in [0, 0.1) is 11.1 Å². The summed E-state index contributed by atoms with van der Waals surface area (Å²) in [5, 5.41) is 15.4. The molecule has 3 fully saturated rings. The van der Waals surface area contributed by atoms with E-state index in [1.54, 1.807) is 6.07 Å². The van der Waals surface area contributed by atoms with E-state index in [0.29, 0.717) is 28.8 Å². The first-order chi connectivity index (χ1) is 11.7. The summed E-state index contributed by atoms with van der Waals surface area (Å²) in [6.45, 7) is 2.78. The number of nitrogens with zero attached hydrogens (tertiary/aromatic N) is 2. The Kier molecular flexibility index (Phi) is 3.90. The number of carbonyl (C=O) groups excluding carboxylic acids is 1. The van der Waals surface area contributed by atoms with E-state index in [0.717, 1.165) is 36.7 Å². The van der Waals surface area contributed by atoms with Gasteiger partial charge in [0.1, 0.15) is 5.75 Å². The van der Waals surface area contributed by atoms with Gasteiger partial charge in [0, 0.05) is 12.6 Å².